The molecular formula is C6H7N2O2. The molecule has 0 saturated carbocycles. The second-order valence-corrected chi connectivity index (χ2v) is 2.04. The number of hydrogen-bond acceptors (Lipinski definition) is 2. The maximum atomic E-state index is 10.7. The highest BCUT2D eigenvalue weighted by atomic mass is 16.2. The summed E-state index contributed by atoms with van der Waals surface area (Å²) in [5, 5.41) is 0. The number of aryl methyl sites for hydroxylation is 1. The largest absolute Gasteiger partial charge is 0.328 e. The molecule has 0 saturated heterocycles. The maximum Gasteiger partial charge on any atom is 0.328 e. The van der Waals surface area contributed by atoms with Crippen molar-refractivity contribution < 1.29 is 0 Å². The van der Waals surface area contributed by atoms with Crippen LogP contribution >= 0.6 is 0 Å². The lowest BCUT2D eigenvalue weighted by Gasteiger charge is -1.94. The molecule has 0 aromatic carbocycles. The van der Waals surface area contributed by atoms with Crippen molar-refractivity contribution in [3.63, 3.8) is 0 Å². The number of aromatic amines is 1. The lowest BCUT2D eigenvalue weighted by molar-refractivity contribution is 0.877. The molecule has 0 bridgehead atoms. The fraction of sp³-hybridized carbons (Fsp3) is 0.167. The third-order valence-electron chi connectivity index (χ3n) is 1.19. The van der Waals surface area contributed by atoms with Gasteiger partial charge in [-0.1, -0.05) is 0 Å². The number of H-pyrrole nitrogens is 1. The molecule has 0 atom stereocenters. The Labute approximate surface area is 57.1 Å². The Balaban J connectivity index is 3.59. The number of aromatic nitrogens is 2. The molecule has 1 rings (SSSR count). The smallest absolute Gasteiger partial charge is 0.299 e. The quantitative estimate of drug-likeness (QED) is 0.526. The monoisotopic (exact) mass is 139 g/mol. The third-order valence-corrected chi connectivity index (χ3v) is 1.19. The number of nitrogens with one attached hydrogen (secondary N) is 1. The predicted octanol–water partition coefficient (Wildman–Crippen LogP) is -0.515. The Morgan fingerprint density at radius 1 is 1.60 bits per heavy atom. The van der Waals surface area contributed by atoms with Crippen LogP contribution in [-0.4, -0.2) is 9.55 Å². The van der Waals surface area contributed by atoms with Crippen molar-refractivity contribution in [3.8, 4) is 0 Å². The van der Waals surface area contributed by atoms with Gasteiger partial charge in [-0.15, -0.1) is 0 Å². The van der Waals surface area contributed by atoms with E-state index in [0.29, 0.717) is 5.56 Å². The van der Waals surface area contributed by atoms with E-state index >= 15 is 0 Å². The van der Waals surface area contributed by atoms with Gasteiger partial charge in [0, 0.05) is 18.8 Å². The van der Waals surface area contributed by atoms with Gasteiger partial charge >= 0.3 is 5.69 Å². The fourth-order valence-electron chi connectivity index (χ4n) is 0.619. The van der Waals surface area contributed by atoms with E-state index in [1.165, 1.54) is 6.20 Å². The van der Waals surface area contributed by atoms with Gasteiger partial charge in [-0.05, 0) is 6.92 Å². The molecule has 0 unspecified atom stereocenters. The molecule has 0 amide bonds. The summed E-state index contributed by atoms with van der Waals surface area (Å²) in [5.41, 5.74) is -0.366. The highest BCUT2D eigenvalue weighted by molar-refractivity contribution is 5.00. The molecule has 0 aliphatic heterocycles. The number of rotatable bonds is 0. The summed E-state index contributed by atoms with van der Waals surface area (Å²) >= 11 is 0. The lowest BCUT2D eigenvalue weighted by Crippen LogP contribution is -2.28. The molecule has 1 aromatic heterocycles. The van der Waals surface area contributed by atoms with Crippen LogP contribution in [0.1, 0.15) is 5.56 Å². The Bertz CT molecular complexity index is 316. The van der Waals surface area contributed by atoms with Crippen molar-refractivity contribution in [2.24, 2.45) is 0 Å². The predicted molar refractivity (Wildman–Crippen MR) is 36.8 cm³/mol. The Hall–Kier alpha value is -1.32. The van der Waals surface area contributed by atoms with Crippen molar-refractivity contribution in [2.45, 2.75) is 6.92 Å². The second-order valence-electron chi connectivity index (χ2n) is 2.04. The van der Waals surface area contributed by atoms with E-state index in [9.17, 15) is 9.59 Å². The van der Waals surface area contributed by atoms with Crippen LogP contribution in [0.4, 0.5) is 0 Å². The van der Waals surface area contributed by atoms with Crippen molar-refractivity contribution >= 4 is 0 Å². The number of nitrogens with zero attached hydrogens (tertiary/aromatic N) is 1. The topological polar surface area (TPSA) is 54.9 Å². The summed E-state index contributed by atoms with van der Waals surface area (Å²) in [7, 11) is 3.36. The van der Waals surface area contributed by atoms with Crippen LogP contribution in [0.15, 0.2) is 15.8 Å². The molecule has 4 heteroatoms. The molecular weight excluding hydrogens is 132 g/mol. The summed E-state index contributed by atoms with van der Waals surface area (Å²) < 4.78 is 1.08. The van der Waals surface area contributed by atoms with Crippen molar-refractivity contribution in [1.29, 1.82) is 0 Å². The van der Waals surface area contributed by atoms with Crippen molar-refractivity contribution in [2.75, 3.05) is 0 Å². The highest BCUT2D eigenvalue weighted by Crippen LogP contribution is 1.78. The highest BCUT2D eigenvalue weighted by Gasteiger charge is 1.94. The zero-order valence-electron chi connectivity index (χ0n) is 5.55. The molecule has 1 heterocycles. The molecule has 1 N–H and O–H groups in total. The summed E-state index contributed by atoms with van der Waals surface area (Å²) in [6.45, 7) is 1.61. The average molecular weight is 139 g/mol. The molecule has 53 valence electrons. The summed E-state index contributed by atoms with van der Waals surface area (Å²) in [5.74, 6) is 0. The van der Waals surface area contributed by atoms with Gasteiger partial charge in [0.05, 0.1) is 0 Å². The third kappa shape index (κ3) is 1.00. The van der Waals surface area contributed by atoms with Gasteiger partial charge in [-0.2, -0.15) is 0 Å². The Kier molecular flexibility index (Phi) is 1.45. The molecule has 0 spiro atoms. The van der Waals surface area contributed by atoms with Gasteiger partial charge in [0.15, 0.2) is 0 Å². The van der Waals surface area contributed by atoms with Crippen molar-refractivity contribution in [1.82, 2.24) is 9.55 Å². The van der Waals surface area contributed by atoms with E-state index in [-0.39, 0.29) is 5.56 Å². The van der Waals surface area contributed by atoms with Gasteiger partial charge in [0.25, 0.3) is 5.56 Å². The zero-order valence-corrected chi connectivity index (χ0v) is 5.55. The van der Waals surface area contributed by atoms with E-state index in [0.717, 1.165) is 4.57 Å². The summed E-state index contributed by atoms with van der Waals surface area (Å²) in [4.78, 5) is 23.4. The van der Waals surface area contributed by atoms with Crippen LogP contribution in [0.5, 0.6) is 0 Å². The van der Waals surface area contributed by atoms with Gasteiger partial charge in [0.2, 0.25) is 0 Å². The van der Waals surface area contributed by atoms with Crippen LogP contribution in [0.3, 0.4) is 0 Å². The van der Waals surface area contributed by atoms with E-state index in [1.807, 2.05) is 0 Å². The minimum absolute atomic E-state index is 0.357. The minimum Gasteiger partial charge on any atom is -0.299 e. The normalized spacial score (nSPS) is 9.80. The van der Waals surface area contributed by atoms with Crippen LogP contribution < -0.4 is 11.2 Å². The van der Waals surface area contributed by atoms with Gasteiger partial charge < -0.3 is 0 Å². The van der Waals surface area contributed by atoms with Crippen LogP contribution in [-0.2, 0) is 0 Å². The SMILES string of the molecule is [CH2]n1cc(C)c(=O)[nH]c1=O. The van der Waals surface area contributed by atoms with Crippen LogP contribution in [0, 0.1) is 14.0 Å². The average Bonchev–Trinajstić information content (AvgIpc) is 1.84. The molecule has 1 aromatic rings. The molecule has 10 heavy (non-hydrogen) atoms. The lowest BCUT2D eigenvalue weighted by atomic mass is 10.4. The van der Waals surface area contributed by atoms with Crippen LogP contribution in [0.2, 0.25) is 0 Å². The standard InChI is InChI=1S/C6H7N2O2/c1-4-3-8(2)6(10)7-5(4)9/h3H,2H2,1H3,(H,7,9,10). The van der Waals surface area contributed by atoms with E-state index in [1.54, 1.807) is 6.92 Å². The first kappa shape index (κ1) is 6.80. The first-order chi connectivity index (χ1) is 4.61. The van der Waals surface area contributed by atoms with Gasteiger partial charge in [-0.3, -0.25) is 14.3 Å². The molecule has 1 radical (unpaired) electrons. The minimum atomic E-state index is -0.490. The zero-order chi connectivity index (χ0) is 7.72. The van der Waals surface area contributed by atoms with Crippen LogP contribution in [0.25, 0.3) is 0 Å². The molecule has 0 aliphatic rings. The van der Waals surface area contributed by atoms with Gasteiger partial charge in [0.1, 0.15) is 0 Å². The van der Waals surface area contributed by atoms with E-state index < -0.39 is 5.69 Å². The maximum absolute atomic E-state index is 10.7. The second kappa shape index (κ2) is 2.13. The summed E-state index contributed by atoms with van der Waals surface area (Å²) in [6, 6.07) is 0. The molecule has 4 nitrogen and oxygen atoms in total. The first-order valence-electron chi connectivity index (χ1n) is 2.74. The molecule has 0 aliphatic carbocycles. The van der Waals surface area contributed by atoms with E-state index in [4.69, 9.17) is 0 Å². The number of hydrogen-bond donors (Lipinski definition) is 1. The Morgan fingerprint density at radius 3 is 2.70 bits per heavy atom. The Morgan fingerprint density at radius 2 is 2.20 bits per heavy atom. The van der Waals surface area contributed by atoms with Gasteiger partial charge in [-0.25, -0.2) is 4.79 Å². The first-order valence-corrected chi connectivity index (χ1v) is 2.74. The molecule has 0 fully saturated rings. The summed E-state index contributed by atoms with van der Waals surface area (Å²) in [6.07, 6.45) is 1.39. The fourth-order valence-corrected chi connectivity index (χ4v) is 0.619. The van der Waals surface area contributed by atoms with Crippen molar-refractivity contribution in [3.05, 3.63) is 39.6 Å². The van der Waals surface area contributed by atoms with E-state index in [2.05, 4.69) is 12.0 Å².